The molecule has 4 nitrogen and oxygen atoms in total. The van der Waals surface area contributed by atoms with E-state index in [1.165, 1.54) is 39.2 Å². The molecule has 0 saturated heterocycles. The van der Waals surface area contributed by atoms with Gasteiger partial charge in [0.25, 0.3) is 0 Å². The Bertz CT molecular complexity index is 524. The molecular weight excluding hydrogens is 310 g/mol. The van der Waals surface area contributed by atoms with Crippen molar-refractivity contribution in [2.24, 2.45) is 0 Å². The fraction of sp³-hybridized carbons (Fsp3) is 0.556. The average molecular weight is 335 g/mol. The smallest absolute Gasteiger partial charge is 0.337 e. The molecule has 0 aliphatic heterocycles. The van der Waals surface area contributed by atoms with Gasteiger partial charge in [0.15, 0.2) is 0 Å². The van der Waals surface area contributed by atoms with E-state index in [1.807, 2.05) is 19.1 Å². The zero-order valence-electron chi connectivity index (χ0n) is 13.8. The number of amides is 1. The van der Waals surface area contributed by atoms with Gasteiger partial charge >= 0.3 is 5.97 Å². The number of carbonyl (C=O) groups excluding carboxylic acids is 2. The number of benzene rings is 1. The number of nitrogens with one attached hydrogen (secondary N) is 1. The van der Waals surface area contributed by atoms with Gasteiger partial charge in [-0.05, 0) is 37.5 Å². The quantitative estimate of drug-likeness (QED) is 0.808. The number of thioether (sulfide) groups is 1. The van der Waals surface area contributed by atoms with E-state index in [0.29, 0.717) is 17.4 Å². The molecule has 1 aliphatic carbocycles. The van der Waals surface area contributed by atoms with E-state index >= 15 is 0 Å². The van der Waals surface area contributed by atoms with E-state index in [4.69, 9.17) is 0 Å². The molecule has 1 amide bonds. The number of carbonyl (C=O) groups is 2. The molecule has 1 N–H and O–H groups in total. The molecule has 5 heteroatoms. The van der Waals surface area contributed by atoms with Crippen LogP contribution in [0, 0.1) is 0 Å². The molecule has 0 heterocycles. The summed E-state index contributed by atoms with van der Waals surface area (Å²) < 4.78 is 4.67. The molecule has 1 aliphatic rings. The maximum atomic E-state index is 12.2. The number of hydrogen-bond acceptors (Lipinski definition) is 4. The van der Waals surface area contributed by atoms with Crippen molar-refractivity contribution in [3.63, 3.8) is 0 Å². The van der Waals surface area contributed by atoms with Gasteiger partial charge in [0, 0.05) is 11.8 Å². The van der Waals surface area contributed by atoms with Crippen molar-refractivity contribution >= 4 is 23.6 Å². The SMILES string of the molecule is COC(=O)c1ccc(CNC(=O)C(C)SC2CCCCC2)cc1. The molecule has 1 aromatic rings. The Labute approximate surface area is 142 Å². The molecule has 0 spiro atoms. The van der Waals surface area contributed by atoms with Gasteiger partial charge in [-0.2, -0.15) is 0 Å². The van der Waals surface area contributed by atoms with Crippen LogP contribution >= 0.6 is 11.8 Å². The molecule has 1 saturated carbocycles. The average Bonchev–Trinajstić information content (AvgIpc) is 2.60. The third-order valence-electron chi connectivity index (χ3n) is 4.16. The molecular formula is C18H25NO3S. The first-order valence-corrected chi connectivity index (χ1v) is 9.15. The summed E-state index contributed by atoms with van der Waals surface area (Å²) in [6.07, 6.45) is 6.38. The summed E-state index contributed by atoms with van der Waals surface area (Å²) in [6.45, 7) is 2.46. The first-order chi connectivity index (χ1) is 11.1. The normalized spacial score (nSPS) is 16.6. The summed E-state index contributed by atoms with van der Waals surface area (Å²) in [5.74, 6) is -0.268. The van der Waals surface area contributed by atoms with E-state index < -0.39 is 0 Å². The van der Waals surface area contributed by atoms with Crippen molar-refractivity contribution < 1.29 is 14.3 Å². The number of rotatable bonds is 6. The second-order valence-corrected chi connectivity index (χ2v) is 7.59. The third kappa shape index (κ3) is 5.57. The van der Waals surface area contributed by atoms with Crippen LogP contribution in [0.3, 0.4) is 0 Å². The topological polar surface area (TPSA) is 55.4 Å². The fourth-order valence-corrected chi connectivity index (χ4v) is 4.15. The van der Waals surface area contributed by atoms with Gasteiger partial charge in [0.1, 0.15) is 0 Å². The molecule has 0 bridgehead atoms. The highest BCUT2D eigenvalue weighted by Gasteiger charge is 2.21. The highest BCUT2D eigenvalue weighted by atomic mass is 32.2. The first-order valence-electron chi connectivity index (χ1n) is 8.20. The van der Waals surface area contributed by atoms with Gasteiger partial charge in [0.2, 0.25) is 5.91 Å². The van der Waals surface area contributed by atoms with Crippen LogP contribution in [0.1, 0.15) is 54.9 Å². The number of ether oxygens (including phenoxy) is 1. The summed E-state index contributed by atoms with van der Waals surface area (Å²) >= 11 is 1.80. The first kappa shape index (κ1) is 17.9. The maximum Gasteiger partial charge on any atom is 0.337 e. The van der Waals surface area contributed by atoms with Crippen LogP contribution in [0.2, 0.25) is 0 Å². The maximum absolute atomic E-state index is 12.2. The van der Waals surface area contributed by atoms with E-state index in [9.17, 15) is 9.59 Å². The third-order valence-corrected chi connectivity index (χ3v) is 5.64. The lowest BCUT2D eigenvalue weighted by molar-refractivity contribution is -0.120. The van der Waals surface area contributed by atoms with Crippen LogP contribution in [0.25, 0.3) is 0 Å². The molecule has 0 aromatic heterocycles. The lowest BCUT2D eigenvalue weighted by Gasteiger charge is -2.23. The fourth-order valence-electron chi connectivity index (χ4n) is 2.76. The minimum absolute atomic E-state index is 0.0209. The van der Waals surface area contributed by atoms with Crippen LogP contribution < -0.4 is 5.32 Å². The summed E-state index contributed by atoms with van der Waals surface area (Å²) in [5, 5.41) is 3.58. The molecule has 0 radical (unpaired) electrons. The summed E-state index contributed by atoms with van der Waals surface area (Å²) in [4.78, 5) is 23.6. The molecule has 1 aromatic carbocycles. The van der Waals surface area contributed by atoms with Crippen LogP contribution in [-0.4, -0.2) is 29.5 Å². The molecule has 126 valence electrons. The predicted octanol–water partition coefficient (Wildman–Crippen LogP) is 3.54. The molecule has 23 heavy (non-hydrogen) atoms. The molecule has 1 fully saturated rings. The van der Waals surface area contributed by atoms with Gasteiger partial charge < -0.3 is 10.1 Å². The standard InChI is InChI=1S/C18H25NO3S/c1-13(23-16-6-4-3-5-7-16)17(20)19-12-14-8-10-15(11-9-14)18(21)22-2/h8-11,13,16H,3-7,12H2,1-2H3,(H,19,20). The Hall–Kier alpha value is -1.49. The lowest BCUT2D eigenvalue weighted by Crippen LogP contribution is -2.32. The molecule has 1 atom stereocenters. The van der Waals surface area contributed by atoms with E-state index in [-0.39, 0.29) is 17.1 Å². The Kier molecular flexibility index (Phi) is 6.96. The van der Waals surface area contributed by atoms with Crippen LogP contribution in [-0.2, 0) is 16.1 Å². The summed E-state index contributed by atoms with van der Waals surface area (Å²) in [6, 6.07) is 7.11. The van der Waals surface area contributed by atoms with Crippen molar-refractivity contribution in [1.29, 1.82) is 0 Å². The van der Waals surface area contributed by atoms with Crippen LogP contribution in [0.5, 0.6) is 0 Å². The van der Waals surface area contributed by atoms with E-state index in [2.05, 4.69) is 10.1 Å². The Balaban J connectivity index is 1.77. The Morgan fingerprint density at radius 3 is 2.48 bits per heavy atom. The van der Waals surface area contributed by atoms with Gasteiger partial charge in [-0.25, -0.2) is 4.79 Å². The van der Waals surface area contributed by atoms with Crippen molar-refractivity contribution in [3.8, 4) is 0 Å². The van der Waals surface area contributed by atoms with Gasteiger partial charge in [-0.1, -0.05) is 31.4 Å². The molecule has 2 rings (SSSR count). The largest absolute Gasteiger partial charge is 0.465 e. The predicted molar refractivity (Wildman–Crippen MR) is 93.6 cm³/mol. The van der Waals surface area contributed by atoms with E-state index in [1.54, 1.807) is 23.9 Å². The van der Waals surface area contributed by atoms with E-state index in [0.717, 1.165) is 5.56 Å². The minimum Gasteiger partial charge on any atom is -0.465 e. The van der Waals surface area contributed by atoms with Crippen molar-refractivity contribution in [2.75, 3.05) is 7.11 Å². The van der Waals surface area contributed by atoms with Gasteiger partial charge in [-0.3, -0.25) is 4.79 Å². The van der Waals surface area contributed by atoms with Crippen molar-refractivity contribution in [3.05, 3.63) is 35.4 Å². The monoisotopic (exact) mass is 335 g/mol. The number of hydrogen-bond donors (Lipinski definition) is 1. The highest BCUT2D eigenvalue weighted by Crippen LogP contribution is 2.31. The minimum atomic E-state index is -0.349. The lowest BCUT2D eigenvalue weighted by atomic mass is 10.0. The summed E-state index contributed by atoms with van der Waals surface area (Å²) in [7, 11) is 1.36. The Morgan fingerprint density at radius 2 is 1.87 bits per heavy atom. The van der Waals surface area contributed by atoms with Crippen LogP contribution in [0.15, 0.2) is 24.3 Å². The summed E-state index contributed by atoms with van der Waals surface area (Å²) in [5.41, 5.74) is 1.49. The van der Waals surface area contributed by atoms with Crippen LogP contribution in [0.4, 0.5) is 0 Å². The molecule has 1 unspecified atom stereocenters. The van der Waals surface area contributed by atoms with Crippen molar-refractivity contribution in [2.45, 2.75) is 56.1 Å². The second kappa shape index (κ2) is 8.96. The number of esters is 1. The zero-order chi connectivity index (χ0) is 16.7. The number of methoxy groups -OCH3 is 1. The zero-order valence-corrected chi connectivity index (χ0v) is 14.7. The van der Waals surface area contributed by atoms with Crippen molar-refractivity contribution in [1.82, 2.24) is 5.32 Å². The van der Waals surface area contributed by atoms with Gasteiger partial charge in [0.05, 0.1) is 17.9 Å². The Morgan fingerprint density at radius 1 is 1.22 bits per heavy atom. The van der Waals surface area contributed by atoms with Gasteiger partial charge in [-0.15, -0.1) is 11.8 Å². The second-order valence-electron chi connectivity index (χ2n) is 5.94. The highest BCUT2D eigenvalue weighted by molar-refractivity contribution is 8.01.